The number of nitrogens with one attached hydrogen (secondary N) is 1. The average molecular weight is 407 g/mol. The maximum Gasteiger partial charge on any atom is 0.407 e. The standard InChI is InChI=1S/C23H21NO4S/c1-14(22(25)26)21(20-11-6-12-29-20)24-23(27)28-13-19-17-9-4-2-7-15(17)16-8-3-5-10-18(16)19/h2-12,14,19,21H,13H2,1H3,(H,24,27)(H,25,26). The van der Waals surface area contributed by atoms with Crippen molar-refractivity contribution in [2.75, 3.05) is 6.61 Å². The van der Waals surface area contributed by atoms with Crippen LogP contribution < -0.4 is 5.32 Å². The summed E-state index contributed by atoms with van der Waals surface area (Å²) in [5.74, 6) is -1.78. The van der Waals surface area contributed by atoms with Crippen molar-refractivity contribution in [3.63, 3.8) is 0 Å². The lowest BCUT2D eigenvalue weighted by Gasteiger charge is -2.22. The lowest BCUT2D eigenvalue weighted by molar-refractivity contribution is -0.142. The Hall–Kier alpha value is -3.12. The summed E-state index contributed by atoms with van der Waals surface area (Å²) in [4.78, 5) is 24.8. The van der Waals surface area contributed by atoms with E-state index in [9.17, 15) is 14.7 Å². The molecular formula is C23H21NO4S. The number of ether oxygens (including phenoxy) is 1. The number of benzene rings is 2. The number of alkyl carbamates (subject to hydrolysis) is 1. The van der Waals surface area contributed by atoms with Crippen LogP contribution in [0.5, 0.6) is 0 Å². The molecule has 1 aromatic heterocycles. The number of thiophene rings is 1. The monoisotopic (exact) mass is 407 g/mol. The number of carboxylic acid groups (broad SMARTS) is 1. The number of carbonyl (C=O) groups excluding carboxylic acids is 1. The summed E-state index contributed by atoms with van der Waals surface area (Å²) >= 11 is 1.41. The van der Waals surface area contributed by atoms with Crippen LogP contribution in [0.15, 0.2) is 66.0 Å². The van der Waals surface area contributed by atoms with Crippen molar-refractivity contribution in [1.82, 2.24) is 5.32 Å². The highest BCUT2D eigenvalue weighted by molar-refractivity contribution is 7.10. The van der Waals surface area contributed by atoms with Gasteiger partial charge in [-0.3, -0.25) is 4.79 Å². The van der Waals surface area contributed by atoms with Crippen molar-refractivity contribution in [2.24, 2.45) is 5.92 Å². The largest absolute Gasteiger partial charge is 0.481 e. The summed E-state index contributed by atoms with van der Waals surface area (Å²) in [6.45, 7) is 1.77. The van der Waals surface area contributed by atoms with Crippen LogP contribution in [0.25, 0.3) is 11.1 Å². The van der Waals surface area contributed by atoms with E-state index in [0.717, 1.165) is 27.1 Å². The molecule has 0 fully saturated rings. The number of amides is 1. The fraction of sp³-hybridized carbons (Fsp3) is 0.217. The zero-order valence-electron chi connectivity index (χ0n) is 15.9. The third-order valence-electron chi connectivity index (χ3n) is 5.36. The number of hydrogen-bond acceptors (Lipinski definition) is 4. The van der Waals surface area contributed by atoms with E-state index < -0.39 is 24.0 Å². The molecule has 0 saturated heterocycles. The number of aliphatic carboxylic acids is 1. The summed E-state index contributed by atoms with van der Waals surface area (Å²) in [6.07, 6.45) is -0.613. The molecule has 1 aliphatic carbocycles. The van der Waals surface area contributed by atoms with E-state index in [-0.39, 0.29) is 12.5 Å². The first-order valence-corrected chi connectivity index (χ1v) is 10.3. The van der Waals surface area contributed by atoms with Gasteiger partial charge in [0, 0.05) is 10.8 Å². The van der Waals surface area contributed by atoms with Crippen molar-refractivity contribution >= 4 is 23.4 Å². The van der Waals surface area contributed by atoms with Gasteiger partial charge in [0.25, 0.3) is 0 Å². The topological polar surface area (TPSA) is 75.6 Å². The van der Waals surface area contributed by atoms with Crippen LogP contribution in [0.1, 0.15) is 34.9 Å². The van der Waals surface area contributed by atoms with Crippen molar-refractivity contribution in [1.29, 1.82) is 0 Å². The van der Waals surface area contributed by atoms with E-state index in [1.54, 1.807) is 6.92 Å². The predicted molar refractivity (Wildman–Crippen MR) is 112 cm³/mol. The summed E-state index contributed by atoms with van der Waals surface area (Å²) in [5.41, 5.74) is 4.59. The quantitative estimate of drug-likeness (QED) is 0.600. The summed E-state index contributed by atoms with van der Waals surface area (Å²) in [7, 11) is 0. The number of rotatable bonds is 6. The van der Waals surface area contributed by atoms with Gasteiger partial charge in [0.05, 0.1) is 12.0 Å². The molecule has 1 amide bonds. The van der Waals surface area contributed by atoms with Crippen LogP contribution in [0, 0.1) is 5.92 Å². The Morgan fingerprint density at radius 2 is 1.66 bits per heavy atom. The Balaban J connectivity index is 1.49. The molecule has 148 valence electrons. The maximum absolute atomic E-state index is 12.5. The first-order chi connectivity index (χ1) is 14.1. The number of fused-ring (bicyclic) bond motifs is 3. The minimum absolute atomic E-state index is 0.0368. The molecular weight excluding hydrogens is 386 g/mol. The van der Waals surface area contributed by atoms with Gasteiger partial charge in [-0.05, 0) is 40.6 Å². The molecule has 1 aliphatic rings. The second-order valence-corrected chi connectivity index (χ2v) is 8.07. The van der Waals surface area contributed by atoms with Gasteiger partial charge in [-0.1, -0.05) is 54.6 Å². The Morgan fingerprint density at radius 1 is 1.03 bits per heavy atom. The number of carboxylic acids is 1. The van der Waals surface area contributed by atoms with Crippen LogP contribution in [0.4, 0.5) is 4.79 Å². The summed E-state index contributed by atoms with van der Waals surface area (Å²) < 4.78 is 5.56. The van der Waals surface area contributed by atoms with E-state index in [4.69, 9.17) is 4.74 Å². The molecule has 0 saturated carbocycles. The van der Waals surface area contributed by atoms with Crippen LogP contribution in [-0.2, 0) is 9.53 Å². The molecule has 0 spiro atoms. The van der Waals surface area contributed by atoms with Crippen molar-refractivity contribution < 1.29 is 19.4 Å². The van der Waals surface area contributed by atoms with E-state index in [2.05, 4.69) is 29.6 Å². The van der Waals surface area contributed by atoms with E-state index in [0.29, 0.717) is 0 Å². The lowest BCUT2D eigenvalue weighted by Crippen LogP contribution is -2.36. The second kappa shape index (κ2) is 8.09. The van der Waals surface area contributed by atoms with E-state index in [1.807, 2.05) is 41.8 Å². The van der Waals surface area contributed by atoms with Gasteiger partial charge < -0.3 is 15.2 Å². The molecule has 2 atom stereocenters. The Morgan fingerprint density at radius 3 is 2.21 bits per heavy atom. The zero-order valence-corrected chi connectivity index (χ0v) is 16.7. The average Bonchev–Trinajstić information content (AvgIpc) is 3.37. The summed E-state index contributed by atoms with van der Waals surface area (Å²) in [6, 6.07) is 19.3. The first kappa shape index (κ1) is 19.2. The molecule has 0 aliphatic heterocycles. The molecule has 2 N–H and O–H groups in total. The summed E-state index contributed by atoms with van der Waals surface area (Å²) in [5, 5.41) is 14.0. The third-order valence-corrected chi connectivity index (χ3v) is 6.31. The minimum atomic E-state index is -0.970. The first-order valence-electron chi connectivity index (χ1n) is 9.44. The molecule has 0 bridgehead atoms. The smallest absolute Gasteiger partial charge is 0.407 e. The minimum Gasteiger partial charge on any atom is -0.481 e. The highest BCUT2D eigenvalue weighted by Crippen LogP contribution is 2.44. The van der Waals surface area contributed by atoms with Crippen molar-refractivity contribution in [3.05, 3.63) is 82.0 Å². The molecule has 4 rings (SSSR count). The lowest BCUT2D eigenvalue weighted by atomic mass is 9.98. The second-order valence-electron chi connectivity index (χ2n) is 7.09. The number of carbonyl (C=O) groups is 2. The Labute approximate surface area is 173 Å². The SMILES string of the molecule is CC(C(=O)O)C(NC(=O)OCC1c2ccccc2-c2ccccc21)c1cccs1. The molecule has 0 radical (unpaired) electrons. The highest BCUT2D eigenvalue weighted by Gasteiger charge is 2.31. The predicted octanol–water partition coefficient (Wildman–Crippen LogP) is 5.05. The van der Waals surface area contributed by atoms with Gasteiger partial charge in [-0.15, -0.1) is 11.3 Å². The Bertz CT molecular complexity index is 985. The normalized spacial score (nSPS) is 14.5. The number of hydrogen-bond donors (Lipinski definition) is 2. The molecule has 1 heterocycles. The van der Waals surface area contributed by atoms with E-state index in [1.165, 1.54) is 11.3 Å². The van der Waals surface area contributed by atoms with Crippen LogP contribution in [0.2, 0.25) is 0 Å². The fourth-order valence-electron chi connectivity index (χ4n) is 3.82. The van der Waals surface area contributed by atoms with Gasteiger partial charge in [-0.25, -0.2) is 4.79 Å². The molecule has 2 aromatic carbocycles. The van der Waals surface area contributed by atoms with Crippen LogP contribution >= 0.6 is 11.3 Å². The van der Waals surface area contributed by atoms with Crippen molar-refractivity contribution in [2.45, 2.75) is 18.9 Å². The van der Waals surface area contributed by atoms with Gasteiger partial charge in [0.15, 0.2) is 0 Å². The maximum atomic E-state index is 12.5. The molecule has 6 heteroatoms. The zero-order chi connectivity index (χ0) is 20.4. The van der Waals surface area contributed by atoms with Crippen molar-refractivity contribution in [3.8, 4) is 11.1 Å². The fourth-order valence-corrected chi connectivity index (χ4v) is 4.70. The molecule has 5 nitrogen and oxygen atoms in total. The third kappa shape index (κ3) is 3.76. The highest BCUT2D eigenvalue weighted by atomic mass is 32.1. The van der Waals surface area contributed by atoms with Crippen LogP contribution in [0.3, 0.4) is 0 Å². The Kier molecular flexibility index (Phi) is 5.36. The molecule has 2 unspecified atom stereocenters. The van der Waals surface area contributed by atoms with Gasteiger partial charge in [0.2, 0.25) is 0 Å². The van der Waals surface area contributed by atoms with Crippen LogP contribution in [-0.4, -0.2) is 23.8 Å². The van der Waals surface area contributed by atoms with Gasteiger partial charge >= 0.3 is 12.1 Å². The molecule has 3 aromatic rings. The van der Waals surface area contributed by atoms with Gasteiger partial charge in [0.1, 0.15) is 6.61 Å². The van der Waals surface area contributed by atoms with E-state index >= 15 is 0 Å². The van der Waals surface area contributed by atoms with Gasteiger partial charge in [-0.2, -0.15) is 0 Å². The molecule has 29 heavy (non-hydrogen) atoms.